The molecular weight excluding hydrogens is 435 g/mol. The van der Waals surface area contributed by atoms with Gasteiger partial charge in [-0.15, -0.1) is 11.3 Å². The molecule has 0 radical (unpaired) electrons. The molecule has 0 bridgehead atoms. The van der Waals surface area contributed by atoms with Crippen molar-refractivity contribution >= 4 is 22.9 Å². The van der Waals surface area contributed by atoms with E-state index in [2.05, 4.69) is 46.4 Å². The molecule has 1 aliphatic rings. The first-order valence-corrected chi connectivity index (χ1v) is 11.2. The van der Waals surface area contributed by atoms with Gasteiger partial charge in [-0.25, -0.2) is 0 Å². The van der Waals surface area contributed by atoms with E-state index in [4.69, 9.17) is 0 Å². The summed E-state index contributed by atoms with van der Waals surface area (Å²) in [5, 5.41) is 2.71. The Kier molecular flexibility index (Phi) is 6.53. The number of hydrogen-bond acceptors (Lipinski definition) is 4. The minimum Gasteiger partial charge on any atom is -0.369 e. The normalized spacial score (nSPS) is 15.1. The van der Waals surface area contributed by atoms with Crippen LogP contribution in [-0.4, -0.2) is 44.0 Å². The van der Waals surface area contributed by atoms with Gasteiger partial charge < -0.3 is 15.1 Å². The van der Waals surface area contributed by atoms with Gasteiger partial charge in [0.05, 0.1) is 10.4 Å². The zero-order valence-corrected chi connectivity index (χ0v) is 18.5. The Morgan fingerprint density at radius 3 is 2.41 bits per heavy atom. The first kappa shape index (κ1) is 22.4. The number of likely N-dealkylation sites (N-methyl/N-ethyl adjacent to an activating group) is 1. The highest BCUT2D eigenvalue weighted by Crippen LogP contribution is 2.31. The molecule has 1 N–H and O–H groups in total. The van der Waals surface area contributed by atoms with E-state index in [9.17, 15) is 18.0 Å². The molecule has 0 unspecified atom stereocenters. The van der Waals surface area contributed by atoms with Crippen molar-refractivity contribution in [2.24, 2.45) is 0 Å². The predicted molar refractivity (Wildman–Crippen MR) is 122 cm³/mol. The van der Waals surface area contributed by atoms with Crippen LogP contribution in [0.5, 0.6) is 0 Å². The number of thiophene rings is 1. The molecule has 1 saturated heterocycles. The Labute approximate surface area is 189 Å². The molecule has 2 aromatic carbocycles. The minimum absolute atomic E-state index is 0.0374. The fourth-order valence-electron chi connectivity index (χ4n) is 3.64. The molecule has 3 aromatic rings. The number of nitrogens with zero attached hydrogens (tertiary/aromatic N) is 2. The molecule has 1 amide bonds. The van der Waals surface area contributed by atoms with Crippen LogP contribution in [0.1, 0.15) is 20.8 Å². The average Bonchev–Trinajstić information content (AvgIpc) is 3.28. The molecule has 2 heterocycles. The summed E-state index contributed by atoms with van der Waals surface area (Å²) in [6, 6.07) is 17.0. The van der Waals surface area contributed by atoms with E-state index < -0.39 is 11.7 Å². The van der Waals surface area contributed by atoms with E-state index in [0.29, 0.717) is 10.4 Å². The van der Waals surface area contributed by atoms with Crippen LogP contribution in [0.15, 0.2) is 60.7 Å². The number of rotatable bonds is 5. The van der Waals surface area contributed by atoms with E-state index in [1.807, 2.05) is 6.07 Å². The number of benzene rings is 2. The van der Waals surface area contributed by atoms with Crippen molar-refractivity contribution < 1.29 is 18.0 Å². The van der Waals surface area contributed by atoms with Crippen LogP contribution < -0.4 is 10.2 Å². The lowest BCUT2D eigenvalue weighted by molar-refractivity contribution is -0.137. The molecule has 168 valence electrons. The van der Waals surface area contributed by atoms with E-state index in [1.165, 1.54) is 23.1 Å². The van der Waals surface area contributed by atoms with Crippen LogP contribution in [0.3, 0.4) is 0 Å². The van der Waals surface area contributed by atoms with Crippen LogP contribution in [0, 0.1) is 0 Å². The van der Waals surface area contributed by atoms with Crippen molar-refractivity contribution in [3.63, 3.8) is 0 Å². The molecule has 0 atom stereocenters. The molecule has 1 fully saturated rings. The zero-order valence-electron chi connectivity index (χ0n) is 17.7. The molecule has 0 spiro atoms. The molecule has 1 aromatic heterocycles. The third-order valence-corrected chi connectivity index (χ3v) is 6.69. The van der Waals surface area contributed by atoms with Gasteiger partial charge in [-0.3, -0.25) is 4.79 Å². The quantitative estimate of drug-likeness (QED) is 0.576. The summed E-state index contributed by atoms with van der Waals surface area (Å²) < 4.78 is 38.6. The van der Waals surface area contributed by atoms with Crippen molar-refractivity contribution in [2.75, 3.05) is 38.1 Å². The van der Waals surface area contributed by atoms with Crippen molar-refractivity contribution in [2.45, 2.75) is 12.7 Å². The van der Waals surface area contributed by atoms with Gasteiger partial charge in [-0.05, 0) is 54.6 Å². The summed E-state index contributed by atoms with van der Waals surface area (Å²) in [7, 11) is 2.13. The monoisotopic (exact) mass is 459 g/mol. The number of alkyl halides is 3. The molecule has 1 aliphatic heterocycles. The number of piperazine rings is 1. The van der Waals surface area contributed by atoms with Gasteiger partial charge >= 0.3 is 6.18 Å². The highest BCUT2D eigenvalue weighted by molar-refractivity contribution is 7.17. The van der Waals surface area contributed by atoms with E-state index in [0.717, 1.165) is 48.8 Å². The smallest absolute Gasteiger partial charge is 0.369 e. The summed E-state index contributed by atoms with van der Waals surface area (Å²) in [6.07, 6.45) is -4.40. The molecule has 0 aliphatic carbocycles. The zero-order chi connectivity index (χ0) is 22.7. The molecule has 4 nitrogen and oxygen atoms in total. The summed E-state index contributed by atoms with van der Waals surface area (Å²) >= 11 is 1.37. The predicted octanol–water partition coefficient (Wildman–Crippen LogP) is 5.12. The fraction of sp³-hybridized carbons (Fsp3) is 0.292. The van der Waals surface area contributed by atoms with Crippen LogP contribution in [-0.2, 0) is 12.7 Å². The highest BCUT2D eigenvalue weighted by Gasteiger charge is 2.30. The minimum atomic E-state index is -4.40. The maximum atomic E-state index is 12.9. The second kappa shape index (κ2) is 9.34. The van der Waals surface area contributed by atoms with Gasteiger partial charge in [-0.1, -0.05) is 24.3 Å². The van der Waals surface area contributed by atoms with E-state index in [-0.39, 0.29) is 12.5 Å². The molecule has 8 heteroatoms. The molecule has 32 heavy (non-hydrogen) atoms. The van der Waals surface area contributed by atoms with Gasteiger partial charge in [0.25, 0.3) is 5.91 Å². The second-order valence-electron chi connectivity index (χ2n) is 7.88. The molecule has 4 rings (SSSR count). The van der Waals surface area contributed by atoms with Crippen molar-refractivity contribution in [1.82, 2.24) is 10.2 Å². The summed E-state index contributed by atoms with van der Waals surface area (Å²) in [6.45, 7) is 4.14. The van der Waals surface area contributed by atoms with Crippen LogP contribution >= 0.6 is 11.3 Å². The number of carbonyl (C=O) groups is 1. The summed E-state index contributed by atoms with van der Waals surface area (Å²) in [4.78, 5) is 18.7. The van der Waals surface area contributed by atoms with Gasteiger partial charge in [0.1, 0.15) is 0 Å². The lowest BCUT2D eigenvalue weighted by Gasteiger charge is -2.34. The maximum Gasteiger partial charge on any atom is 0.416 e. The van der Waals surface area contributed by atoms with Gasteiger partial charge in [0.15, 0.2) is 0 Å². The average molecular weight is 460 g/mol. The number of carbonyl (C=O) groups excluding carboxylic acids is 1. The van der Waals surface area contributed by atoms with Crippen molar-refractivity contribution in [1.29, 1.82) is 0 Å². The third kappa shape index (κ3) is 5.31. The fourth-order valence-corrected chi connectivity index (χ4v) is 4.57. The summed E-state index contributed by atoms with van der Waals surface area (Å²) in [5.74, 6) is -0.298. The topological polar surface area (TPSA) is 35.6 Å². The molecule has 0 saturated carbocycles. The number of hydrogen-bond donors (Lipinski definition) is 1. The highest BCUT2D eigenvalue weighted by atomic mass is 32.1. The molecular formula is C24H24F3N3OS. The van der Waals surface area contributed by atoms with Gasteiger partial charge in [0, 0.05) is 43.3 Å². The lowest BCUT2D eigenvalue weighted by atomic mass is 10.1. The van der Waals surface area contributed by atoms with Gasteiger partial charge in [-0.2, -0.15) is 13.2 Å². The Morgan fingerprint density at radius 1 is 1.00 bits per heavy atom. The van der Waals surface area contributed by atoms with Crippen LogP contribution in [0.25, 0.3) is 10.4 Å². The Bertz CT molecular complexity index is 1070. The number of anilines is 1. The van der Waals surface area contributed by atoms with E-state index >= 15 is 0 Å². The standard InChI is InChI=1S/C24H24F3N3OS/c1-29-11-13-30(14-12-29)20-7-5-18(6-8-20)21-9-10-22(32-21)23(31)28-16-17-3-2-4-19(15-17)24(25,26)27/h2-10,15H,11-14,16H2,1H3,(H,28,31). The summed E-state index contributed by atoms with van der Waals surface area (Å²) in [5.41, 5.74) is 1.91. The largest absolute Gasteiger partial charge is 0.416 e. The number of nitrogens with one attached hydrogen (secondary N) is 1. The Hall–Kier alpha value is -2.84. The Morgan fingerprint density at radius 2 is 1.72 bits per heavy atom. The third-order valence-electron chi connectivity index (χ3n) is 5.56. The second-order valence-corrected chi connectivity index (χ2v) is 8.97. The lowest BCUT2D eigenvalue weighted by Crippen LogP contribution is -2.44. The number of halogens is 3. The van der Waals surface area contributed by atoms with Gasteiger partial charge in [0.2, 0.25) is 0 Å². The van der Waals surface area contributed by atoms with E-state index in [1.54, 1.807) is 12.1 Å². The maximum absolute atomic E-state index is 12.9. The number of amides is 1. The van der Waals surface area contributed by atoms with Crippen molar-refractivity contribution in [3.8, 4) is 10.4 Å². The SMILES string of the molecule is CN1CCN(c2ccc(-c3ccc(C(=O)NCc4cccc(C(F)(F)F)c4)s3)cc2)CC1. The van der Waals surface area contributed by atoms with Crippen LogP contribution in [0.4, 0.5) is 18.9 Å². The first-order valence-electron chi connectivity index (χ1n) is 10.4. The van der Waals surface area contributed by atoms with Crippen LogP contribution in [0.2, 0.25) is 0 Å². The Balaban J connectivity index is 1.37. The van der Waals surface area contributed by atoms with Crippen molar-refractivity contribution in [3.05, 3.63) is 76.7 Å². The first-order chi connectivity index (χ1) is 15.3.